The molecule has 0 bridgehead atoms. The van der Waals surface area contributed by atoms with Crippen molar-refractivity contribution in [3.05, 3.63) is 51.4 Å². The van der Waals surface area contributed by atoms with Crippen molar-refractivity contribution in [2.24, 2.45) is 0 Å². The van der Waals surface area contributed by atoms with Crippen LogP contribution in [0, 0.1) is 11.3 Å². The molecule has 0 saturated carbocycles. The highest BCUT2D eigenvalue weighted by Crippen LogP contribution is 2.35. The van der Waals surface area contributed by atoms with E-state index in [1.165, 1.54) is 19.1 Å². The molecule has 1 heterocycles. The number of carbonyl (C=O) groups is 1. The molecule has 6 nitrogen and oxygen atoms in total. The highest BCUT2D eigenvalue weighted by Gasteiger charge is 2.34. The Hall–Kier alpha value is -2.80. The minimum atomic E-state index is -4.60. The first-order chi connectivity index (χ1) is 12.7. The summed E-state index contributed by atoms with van der Waals surface area (Å²) < 4.78 is 39.0. The van der Waals surface area contributed by atoms with Gasteiger partial charge in [0.05, 0.1) is 22.2 Å². The van der Waals surface area contributed by atoms with Crippen molar-refractivity contribution >= 4 is 23.4 Å². The Kier molecular flexibility index (Phi) is 6.28. The maximum Gasteiger partial charge on any atom is 0.418 e. The van der Waals surface area contributed by atoms with Crippen LogP contribution in [0.25, 0.3) is 0 Å². The van der Waals surface area contributed by atoms with Gasteiger partial charge in [-0.3, -0.25) is 9.59 Å². The molecule has 0 fully saturated rings. The monoisotopic (exact) mass is 396 g/mol. The first-order valence-electron chi connectivity index (χ1n) is 7.84. The van der Waals surface area contributed by atoms with Gasteiger partial charge in [0.1, 0.15) is 11.6 Å². The summed E-state index contributed by atoms with van der Waals surface area (Å²) in [4.78, 5) is 30.7. The number of amides is 1. The molecule has 2 N–H and O–H groups in total. The topological polar surface area (TPSA) is 98.6 Å². The van der Waals surface area contributed by atoms with Crippen LogP contribution in [0.2, 0.25) is 0 Å². The van der Waals surface area contributed by atoms with E-state index in [4.69, 9.17) is 5.26 Å². The van der Waals surface area contributed by atoms with E-state index in [1.807, 2.05) is 0 Å². The van der Waals surface area contributed by atoms with E-state index in [2.05, 4.69) is 15.3 Å². The van der Waals surface area contributed by atoms with Crippen molar-refractivity contribution < 1.29 is 18.0 Å². The number of thioether (sulfide) groups is 1. The Morgan fingerprint density at radius 3 is 2.67 bits per heavy atom. The fraction of sp³-hybridized carbons (Fsp3) is 0.294. The summed E-state index contributed by atoms with van der Waals surface area (Å²) in [5.41, 5.74) is -1.73. The smallest absolute Gasteiger partial charge is 0.325 e. The number of halogens is 3. The fourth-order valence-electron chi connectivity index (χ4n) is 2.22. The summed E-state index contributed by atoms with van der Waals surface area (Å²) in [6, 6.07) is 6.42. The molecular formula is C17H15F3N4O2S. The molecule has 1 unspecified atom stereocenters. The lowest BCUT2D eigenvalue weighted by Crippen LogP contribution is -2.25. The van der Waals surface area contributed by atoms with Crippen LogP contribution < -0.4 is 10.9 Å². The highest BCUT2D eigenvalue weighted by atomic mass is 32.2. The third-order valence-electron chi connectivity index (χ3n) is 3.57. The average Bonchev–Trinajstić information content (AvgIpc) is 2.60. The number of hydrogen-bond donors (Lipinski definition) is 2. The van der Waals surface area contributed by atoms with Crippen LogP contribution in [0.5, 0.6) is 0 Å². The summed E-state index contributed by atoms with van der Waals surface area (Å²) in [5.74, 6) is -0.679. The number of alkyl halides is 3. The standard InChI is InChI=1S/C17H15F3N4O2S/c1-3-12-10(8-21)15(26)24-16(23-12)27-9(2)14(25)22-13-7-5-4-6-11(13)17(18,19)20/h4-7,9H,3H2,1-2H3,(H,22,25)(H,23,24,26). The minimum absolute atomic E-state index is 0.0990. The molecule has 0 spiro atoms. The van der Waals surface area contributed by atoms with E-state index >= 15 is 0 Å². The summed E-state index contributed by atoms with van der Waals surface area (Å²) in [6.45, 7) is 3.20. The molecule has 0 saturated heterocycles. The van der Waals surface area contributed by atoms with Crippen LogP contribution in [-0.2, 0) is 17.4 Å². The van der Waals surface area contributed by atoms with Crippen LogP contribution in [-0.4, -0.2) is 21.1 Å². The highest BCUT2D eigenvalue weighted by molar-refractivity contribution is 8.00. The van der Waals surface area contributed by atoms with E-state index in [9.17, 15) is 22.8 Å². The normalized spacial score (nSPS) is 12.3. The molecule has 1 amide bonds. The number of aromatic amines is 1. The summed E-state index contributed by atoms with van der Waals surface area (Å²) in [7, 11) is 0. The van der Waals surface area contributed by atoms with E-state index < -0.39 is 28.5 Å². The van der Waals surface area contributed by atoms with Crippen molar-refractivity contribution in [1.29, 1.82) is 5.26 Å². The van der Waals surface area contributed by atoms with Gasteiger partial charge in [-0.25, -0.2) is 4.98 Å². The second-order valence-electron chi connectivity index (χ2n) is 5.45. The summed E-state index contributed by atoms with van der Waals surface area (Å²) in [6.07, 6.45) is -4.25. The van der Waals surface area contributed by atoms with Gasteiger partial charge in [0.15, 0.2) is 5.16 Å². The predicted molar refractivity (Wildman–Crippen MR) is 94.3 cm³/mol. The van der Waals surface area contributed by atoms with Gasteiger partial charge in [0.2, 0.25) is 5.91 Å². The number of para-hydroxylation sites is 1. The van der Waals surface area contributed by atoms with Crippen molar-refractivity contribution in [3.8, 4) is 6.07 Å². The molecule has 0 radical (unpaired) electrons. The van der Waals surface area contributed by atoms with Gasteiger partial charge in [0.25, 0.3) is 5.56 Å². The molecule has 2 aromatic rings. The lowest BCUT2D eigenvalue weighted by molar-refractivity contribution is -0.137. The van der Waals surface area contributed by atoms with Crippen LogP contribution in [0.4, 0.5) is 18.9 Å². The number of H-pyrrole nitrogens is 1. The van der Waals surface area contributed by atoms with Crippen molar-refractivity contribution in [3.63, 3.8) is 0 Å². The molecule has 1 atom stereocenters. The first-order valence-corrected chi connectivity index (χ1v) is 8.72. The van der Waals surface area contributed by atoms with Crippen LogP contribution in [0.1, 0.15) is 30.7 Å². The van der Waals surface area contributed by atoms with Crippen LogP contribution in [0.15, 0.2) is 34.2 Å². The van der Waals surface area contributed by atoms with Gasteiger partial charge >= 0.3 is 6.18 Å². The summed E-state index contributed by atoms with van der Waals surface area (Å²) >= 11 is 0.878. The van der Waals surface area contributed by atoms with Crippen molar-refractivity contribution in [1.82, 2.24) is 9.97 Å². The van der Waals surface area contributed by atoms with Gasteiger partial charge in [0, 0.05) is 0 Å². The second kappa shape index (κ2) is 8.26. The molecule has 10 heteroatoms. The predicted octanol–water partition coefficient (Wildman–Crippen LogP) is 3.34. The Morgan fingerprint density at radius 1 is 1.41 bits per heavy atom. The third kappa shape index (κ3) is 4.89. The zero-order chi connectivity index (χ0) is 20.2. The molecule has 0 aliphatic rings. The van der Waals surface area contributed by atoms with E-state index in [-0.39, 0.29) is 16.4 Å². The Morgan fingerprint density at radius 2 is 2.07 bits per heavy atom. The van der Waals surface area contributed by atoms with Gasteiger partial charge < -0.3 is 10.3 Å². The maximum absolute atomic E-state index is 13.0. The van der Waals surface area contributed by atoms with E-state index in [1.54, 1.807) is 13.0 Å². The molecule has 0 aliphatic heterocycles. The van der Waals surface area contributed by atoms with E-state index in [0.29, 0.717) is 12.1 Å². The number of hydrogen-bond acceptors (Lipinski definition) is 5. The number of aryl methyl sites for hydroxylation is 1. The number of carbonyl (C=O) groups excluding carboxylic acids is 1. The zero-order valence-electron chi connectivity index (χ0n) is 14.3. The molecule has 2 rings (SSSR count). The number of rotatable bonds is 5. The van der Waals surface area contributed by atoms with Crippen LogP contribution in [0.3, 0.4) is 0 Å². The Balaban J connectivity index is 2.20. The lowest BCUT2D eigenvalue weighted by atomic mass is 10.1. The molecule has 142 valence electrons. The molecule has 27 heavy (non-hydrogen) atoms. The Labute approximate surface area is 156 Å². The van der Waals surface area contributed by atoms with Gasteiger partial charge in [-0.05, 0) is 25.5 Å². The Bertz CT molecular complexity index is 950. The first kappa shape index (κ1) is 20.5. The number of aromatic nitrogens is 2. The van der Waals surface area contributed by atoms with E-state index in [0.717, 1.165) is 23.9 Å². The second-order valence-corrected chi connectivity index (χ2v) is 6.78. The lowest BCUT2D eigenvalue weighted by Gasteiger charge is -2.16. The number of nitrogens with one attached hydrogen (secondary N) is 2. The van der Waals surface area contributed by atoms with Crippen LogP contribution >= 0.6 is 11.8 Å². The SMILES string of the molecule is CCc1nc(SC(C)C(=O)Nc2ccccc2C(F)(F)F)[nH]c(=O)c1C#N. The van der Waals surface area contributed by atoms with Gasteiger partial charge in [-0.15, -0.1) is 0 Å². The molecule has 1 aromatic carbocycles. The maximum atomic E-state index is 13.0. The number of benzene rings is 1. The minimum Gasteiger partial charge on any atom is -0.325 e. The average molecular weight is 396 g/mol. The number of anilines is 1. The summed E-state index contributed by atoms with van der Waals surface area (Å²) in [5, 5.41) is 10.5. The molecule has 1 aromatic heterocycles. The largest absolute Gasteiger partial charge is 0.418 e. The van der Waals surface area contributed by atoms with Crippen molar-refractivity contribution in [2.75, 3.05) is 5.32 Å². The number of nitrogens with zero attached hydrogens (tertiary/aromatic N) is 2. The zero-order valence-corrected chi connectivity index (χ0v) is 15.2. The number of nitriles is 1. The molecule has 0 aliphatic carbocycles. The van der Waals surface area contributed by atoms with Gasteiger partial charge in [-0.1, -0.05) is 30.8 Å². The fourth-order valence-corrected chi connectivity index (χ4v) is 3.03. The third-order valence-corrected chi connectivity index (χ3v) is 4.55. The van der Waals surface area contributed by atoms with Gasteiger partial charge in [-0.2, -0.15) is 18.4 Å². The van der Waals surface area contributed by atoms with Crippen molar-refractivity contribution in [2.45, 2.75) is 36.9 Å². The molecular weight excluding hydrogens is 381 g/mol. The quantitative estimate of drug-likeness (QED) is 0.597.